The van der Waals surface area contributed by atoms with Gasteiger partial charge in [0.25, 0.3) is 0 Å². The second kappa shape index (κ2) is 1.34. The van der Waals surface area contributed by atoms with Crippen LogP contribution in [-0.2, 0) is 0 Å². The summed E-state index contributed by atoms with van der Waals surface area (Å²) in [6.45, 7) is 3.76. The van der Waals surface area contributed by atoms with E-state index in [0.29, 0.717) is 5.92 Å². The molecule has 0 aromatic heterocycles. The van der Waals surface area contributed by atoms with Crippen LogP contribution >= 0.6 is 0 Å². The molecule has 6 heavy (non-hydrogen) atoms. The van der Waals surface area contributed by atoms with Gasteiger partial charge < -0.3 is 0 Å². The molecule has 0 nitrogen and oxygen atoms in total. The quantitative estimate of drug-likeness (QED) is 0.383. The lowest BCUT2D eigenvalue weighted by Gasteiger charge is -1.87. The van der Waals surface area contributed by atoms with Crippen LogP contribution < -0.4 is 0 Å². The van der Waals surface area contributed by atoms with E-state index in [1.165, 1.54) is 0 Å². The van der Waals surface area contributed by atoms with Crippen LogP contribution in [-0.4, -0.2) is 0 Å². The molecule has 0 N–H and O–H groups in total. The van der Waals surface area contributed by atoms with E-state index in [2.05, 4.69) is 18.8 Å². The fourth-order valence-corrected chi connectivity index (χ4v) is 0.535. The molecular weight excluding hydrogens is 72.1 g/mol. The van der Waals surface area contributed by atoms with Crippen molar-refractivity contribution in [1.82, 2.24) is 0 Å². The van der Waals surface area contributed by atoms with E-state index in [1.54, 1.807) is 0 Å². The van der Waals surface area contributed by atoms with Crippen molar-refractivity contribution in [2.24, 2.45) is 5.92 Å². The average Bonchev–Trinajstić information content (AvgIpc) is 1.86. The van der Waals surface area contributed by atoms with Crippen molar-refractivity contribution < 1.29 is 0 Å². The third-order valence-electron chi connectivity index (χ3n) is 0.924. The van der Waals surface area contributed by atoms with Gasteiger partial charge in [0.05, 0.1) is 0 Å². The molecule has 1 unspecified atom stereocenters. The maximum Gasteiger partial charge on any atom is 0.0212 e. The molecule has 31 valence electrons. The van der Waals surface area contributed by atoms with Crippen LogP contribution in [0.25, 0.3) is 0 Å². The van der Waals surface area contributed by atoms with E-state index in [1.807, 2.05) is 0 Å². The maximum atomic E-state index is 3.76. The van der Waals surface area contributed by atoms with E-state index in [-0.39, 0.29) is 0 Å². The minimum atomic E-state index is 0.435. The van der Waals surface area contributed by atoms with Crippen LogP contribution in [0.4, 0.5) is 0 Å². The van der Waals surface area contributed by atoms with Crippen molar-refractivity contribution in [3.63, 3.8) is 0 Å². The highest BCUT2D eigenvalue weighted by atomic mass is 14.0. The molecular formula is C6H7. The average molecular weight is 79.1 g/mol. The number of hydrogen-bond acceptors (Lipinski definition) is 0. The molecule has 0 saturated heterocycles. The molecule has 0 aliphatic heterocycles. The van der Waals surface area contributed by atoms with E-state index in [4.69, 9.17) is 0 Å². The lowest BCUT2D eigenvalue weighted by Crippen LogP contribution is -1.79. The van der Waals surface area contributed by atoms with Crippen LogP contribution in [0.3, 0.4) is 0 Å². The summed E-state index contributed by atoms with van der Waals surface area (Å²) in [4.78, 5) is 0. The zero-order valence-electron chi connectivity index (χ0n) is 3.70. The molecule has 0 spiro atoms. The Morgan fingerprint density at radius 1 is 1.67 bits per heavy atom. The Morgan fingerprint density at radius 3 is 2.67 bits per heavy atom. The molecule has 0 amide bonds. The van der Waals surface area contributed by atoms with Crippen molar-refractivity contribution in [3.05, 3.63) is 6.92 Å². The first-order valence-corrected chi connectivity index (χ1v) is 2.21. The lowest BCUT2D eigenvalue weighted by molar-refractivity contribution is 0.781. The SMILES string of the molecule is [CH2]C1C#CCC1. The Kier molecular flexibility index (Phi) is 0.837. The Hall–Kier alpha value is -0.440. The Labute approximate surface area is 38.6 Å². The smallest absolute Gasteiger partial charge is 0.0212 e. The van der Waals surface area contributed by atoms with Gasteiger partial charge in [-0.15, -0.1) is 5.92 Å². The summed E-state index contributed by atoms with van der Waals surface area (Å²) in [6.07, 6.45) is 2.22. The molecule has 0 bridgehead atoms. The Balaban J connectivity index is 2.45. The van der Waals surface area contributed by atoms with E-state index >= 15 is 0 Å². The zero-order chi connectivity index (χ0) is 4.41. The largest absolute Gasteiger partial charge is 0.103 e. The van der Waals surface area contributed by atoms with Crippen molar-refractivity contribution in [3.8, 4) is 11.8 Å². The minimum Gasteiger partial charge on any atom is -0.103 e. The molecule has 1 aliphatic rings. The van der Waals surface area contributed by atoms with Gasteiger partial charge in [0.1, 0.15) is 0 Å². The molecule has 0 heteroatoms. The third-order valence-corrected chi connectivity index (χ3v) is 0.924. The Bertz CT molecular complexity index is 92.3. The first-order chi connectivity index (χ1) is 2.89. The van der Waals surface area contributed by atoms with Gasteiger partial charge >= 0.3 is 0 Å². The van der Waals surface area contributed by atoms with Crippen LogP contribution in [0.2, 0.25) is 0 Å². The first-order valence-electron chi connectivity index (χ1n) is 2.21. The summed E-state index contributed by atoms with van der Waals surface area (Å²) in [6, 6.07) is 0. The van der Waals surface area contributed by atoms with Gasteiger partial charge in [0.2, 0.25) is 0 Å². The standard InChI is InChI=1S/C6H7/c1-6-4-2-3-5-6/h6H,1-2,4H2. The fourth-order valence-electron chi connectivity index (χ4n) is 0.535. The second-order valence-electron chi connectivity index (χ2n) is 1.56. The topological polar surface area (TPSA) is 0 Å². The predicted octanol–water partition coefficient (Wildman–Crippen LogP) is 1.23. The van der Waals surface area contributed by atoms with Gasteiger partial charge in [0.15, 0.2) is 0 Å². The van der Waals surface area contributed by atoms with Crippen LogP contribution in [0, 0.1) is 24.7 Å². The normalized spacial score (nSPS) is 29.2. The van der Waals surface area contributed by atoms with Crippen LogP contribution in [0.1, 0.15) is 12.8 Å². The molecule has 0 saturated carbocycles. The van der Waals surface area contributed by atoms with Crippen molar-refractivity contribution in [2.75, 3.05) is 0 Å². The van der Waals surface area contributed by atoms with Gasteiger partial charge in [0, 0.05) is 12.3 Å². The third kappa shape index (κ3) is 0.542. The molecule has 1 radical (unpaired) electrons. The zero-order valence-corrected chi connectivity index (χ0v) is 3.70. The van der Waals surface area contributed by atoms with E-state index in [9.17, 15) is 0 Å². The molecule has 0 aromatic carbocycles. The molecule has 1 atom stereocenters. The summed E-state index contributed by atoms with van der Waals surface area (Å²) >= 11 is 0. The minimum absolute atomic E-state index is 0.435. The highest BCUT2D eigenvalue weighted by Gasteiger charge is 1.98. The van der Waals surface area contributed by atoms with E-state index < -0.39 is 0 Å². The summed E-state index contributed by atoms with van der Waals surface area (Å²) in [5, 5.41) is 0. The maximum absolute atomic E-state index is 3.76. The molecule has 0 aromatic rings. The number of hydrogen-bond donors (Lipinski definition) is 0. The van der Waals surface area contributed by atoms with Crippen molar-refractivity contribution >= 4 is 0 Å². The van der Waals surface area contributed by atoms with Crippen molar-refractivity contribution in [1.29, 1.82) is 0 Å². The molecule has 1 aliphatic carbocycles. The first kappa shape index (κ1) is 3.74. The van der Waals surface area contributed by atoms with Gasteiger partial charge in [-0.3, -0.25) is 0 Å². The summed E-state index contributed by atoms with van der Waals surface area (Å²) in [5.41, 5.74) is 0. The van der Waals surface area contributed by atoms with Crippen molar-refractivity contribution in [2.45, 2.75) is 12.8 Å². The van der Waals surface area contributed by atoms with E-state index in [0.717, 1.165) is 12.8 Å². The molecule has 0 fully saturated rings. The van der Waals surface area contributed by atoms with Gasteiger partial charge in [-0.2, -0.15) is 0 Å². The molecule has 1 rings (SSSR count). The summed E-state index contributed by atoms with van der Waals surface area (Å²) < 4.78 is 0. The van der Waals surface area contributed by atoms with Gasteiger partial charge in [-0.25, -0.2) is 0 Å². The molecule has 0 heterocycles. The summed E-state index contributed by atoms with van der Waals surface area (Å²) in [7, 11) is 0. The Morgan fingerprint density at radius 2 is 2.50 bits per heavy atom. The van der Waals surface area contributed by atoms with Crippen LogP contribution in [0.15, 0.2) is 0 Å². The van der Waals surface area contributed by atoms with Gasteiger partial charge in [-0.1, -0.05) is 5.92 Å². The highest BCUT2D eigenvalue weighted by molar-refractivity contribution is 5.11. The fraction of sp³-hybridized carbons (Fsp3) is 0.500. The predicted molar refractivity (Wildman–Crippen MR) is 25.9 cm³/mol. The monoisotopic (exact) mass is 79.1 g/mol. The lowest BCUT2D eigenvalue weighted by atomic mass is 10.2. The number of rotatable bonds is 0. The van der Waals surface area contributed by atoms with Gasteiger partial charge in [-0.05, 0) is 13.3 Å². The highest BCUT2D eigenvalue weighted by Crippen LogP contribution is 2.07. The second-order valence-corrected chi connectivity index (χ2v) is 1.56. The summed E-state index contributed by atoms with van der Waals surface area (Å²) in [5.74, 6) is 6.35. The van der Waals surface area contributed by atoms with Crippen LogP contribution in [0.5, 0.6) is 0 Å².